The van der Waals surface area contributed by atoms with Gasteiger partial charge in [-0.3, -0.25) is 9.59 Å². The molecule has 0 radical (unpaired) electrons. The van der Waals surface area contributed by atoms with Crippen LogP contribution in [0, 0.1) is 11.8 Å². The maximum atomic E-state index is 12.6. The molecule has 6 heteroatoms. The molecule has 0 N–H and O–H groups in total. The Morgan fingerprint density at radius 2 is 1.85 bits per heavy atom. The number of amides is 2. The largest absolute Gasteiger partial charge is 0.272 e. The molecule has 1 aromatic carbocycles. The molecule has 6 nitrogen and oxygen atoms in total. The highest BCUT2D eigenvalue weighted by Gasteiger charge is 2.47. The number of nitrogens with zero attached hydrogens (tertiary/aromatic N) is 4. The van der Waals surface area contributed by atoms with Crippen LogP contribution in [0.1, 0.15) is 13.8 Å². The maximum Gasteiger partial charge on any atom is 0.270 e. The number of rotatable bonds is 2. The van der Waals surface area contributed by atoms with Gasteiger partial charge < -0.3 is 0 Å². The third-order valence-electron chi connectivity index (χ3n) is 3.69. The zero-order valence-corrected chi connectivity index (χ0v) is 11.2. The van der Waals surface area contributed by atoms with Crippen molar-refractivity contribution in [1.29, 1.82) is 0 Å². The number of para-hydroxylation sites is 1. The van der Waals surface area contributed by atoms with Crippen molar-refractivity contribution in [2.75, 3.05) is 5.01 Å². The summed E-state index contributed by atoms with van der Waals surface area (Å²) in [4.78, 5) is 24.4. The molecule has 102 valence electrons. The van der Waals surface area contributed by atoms with Gasteiger partial charge in [-0.25, -0.2) is 5.01 Å². The fourth-order valence-corrected chi connectivity index (χ4v) is 2.66. The molecule has 0 aliphatic carbocycles. The van der Waals surface area contributed by atoms with Crippen molar-refractivity contribution in [2.24, 2.45) is 27.2 Å². The van der Waals surface area contributed by atoms with Crippen molar-refractivity contribution in [3.63, 3.8) is 0 Å². The molecule has 0 saturated heterocycles. The van der Waals surface area contributed by atoms with Crippen LogP contribution in [0.5, 0.6) is 0 Å². The summed E-state index contributed by atoms with van der Waals surface area (Å²) in [7, 11) is 0. The zero-order chi connectivity index (χ0) is 14.3. The van der Waals surface area contributed by atoms with Crippen molar-refractivity contribution in [3.05, 3.63) is 30.3 Å². The lowest BCUT2D eigenvalue weighted by Gasteiger charge is -2.19. The van der Waals surface area contributed by atoms with Crippen LogP contribution in [0.2, 0.25) is 0 Å². The number of carbonyl (C=O) groups excluding carboxylic acids is 2. The molecule has 0 fully saturated rings. The summed E-state index contributed by atoms with van der Waals surface area (Å²) in [5.41, 5.74) is 1.34. The smallest absolute Gasteiger partial charge is 0.270 e. The number of carbonyl (C=O) groups is 2. The minimum absolute atomic E-state index is 0.189. The fraction of sp³-hybridized carbons (Fsp3) is 0.357. The molecule has 2 heterocycles. The SMILES string of the molecule is CC1=NN(c2ccccc2)C(=O)C1C1C(=O)N=NC1C. The standard InChI is InChI=1S/C14H14N4O2/c1-8-11(13(19)16-15-8)12-9(2)17-18(14(12)20)10-6-4-3-5-7-10/h3-8,11-12H,1-2H3. The zero-order valence-electron chi connectivity index (χ0n) is 11.2. The molecule has 3 rings (SSSR count). The molecule has 20 heavy (non-hydrogen) atoms. The second-order valence-electron chi connectivity index (χ2n) is 5.02. The molecule has 2 amide bonds. The number of anilines is 1. The van der Waals surface area contributed by atoms with E-state index in [1.54, 1.807) is 13.8 Å². The third-order valence-corrected chi connectivity index (χ3v) is 3.69. The highest BCUT2D eigenvalue weighted by atomic mass is 16.2. The summed E-state index contributed by atoms with van der Waals surface area (Å²) in [5, 5.41) is 13.1. The van der Waals surface area contributed by atoms with E-state index in [-0.39, 0.29) is 17.9 Å². The van der Waals surface area contributed by atoms with Gasteiger partial charge in [0.2, 0.25) is 0 Å². The molecule has 0 spiro atoms. The van der Waals surface area contributed by atoms with E-state index in [1.165, 1.54) is 5.01 Å². The molecule has 1 aromatic rings. The summed E-state index contributed by atoms with van der Waals surface area (Å²) in [6.45, 7) is 3.56. The molecule has 3 unspecified atom stereocenters. The Hall–Kier alpha value is -2.37. The number of hydrogen-bond acceptors (Lipinski definition) is 4. The van der Waals surface area contributed by atoms with Gasteiger partial charge in [0.05, 0.1) is 23.6 Å². The molecule has 2 aliphatic heterocycles. The lowest BCUT2D eigenvalue weighted by molar-refractivity contribution is -0.128. The van der Waals surface area contributed by atoms with Gasteiger partial charge in [0.25, 0.3) is 11.8 Å². The van der Waals surface area contributed by atoms with E-state index in [4.69, 9.17) is 0 Å². The second kappa shape index (κ2) is 4.63. The van der Waals surface area contributed by atoms with Gasteiger partial charge in [-0.05, 0) is 26.0 Å². The Morgan fingerprint density at radius 3 is 2.45 bits per heavy atom. The summed E-state index contributed by atoms with van der Waals surface area (Å²) >= 11 is 0. The maximum absolute atomic E-state index is 12.6. The first-order valence-electron chi connectivity index (χ1n) is 6.48. The quantitative estimate of drug-likeness (QED) is 0.824. The van der Waals surface area contributed by atoms with E-state index >= 15 is 0 Å². The molecule has 0 saturated carbocycles. The predicted molar refractivity (Wildman–Crippen MR) is 73.3 cm³/mol. The van der Waals surface area contributed by atoms with Crippen molar-refractivity contribution in [2.45, 2.75) is 19.9 Å². The van der Waals surface area contributed by atoms with E-state index in [0.717, 1.165) is 0 Å². The Kier molecular flexibility index (Phi) is 2.93. The van der Waals surface area contributed by atoms with Crippen LogP contribution in [0.4, 0.5) is 5.69 Å². The van der Waals surface area contributed by atoms with Crippen molar-refractivity contribution < 1.29 is 9.59 Å². The first-order chi connectivity index (χ1) is 9.59. The van der Waals surface area contributed by atoms with Gasteiger partial charge in [0.15, 0.2) is 0 Å². The van der Waals surface area contributed by atoms with E-state index in [2.05, 4.69) is 15.3 Å². The van der Waals surface area contributed by atoms with Crippen LogP contribution in [-0.2, 0) is 9.59 Å². The van der Waals surface area contributed by atoms with Crippen LogP contribution in [0.3, 0.4) is 0 Å². The predicted octanol–water partition coefficient (Wildman–Crippen LogP) is 2.02. The summed E-state index contributed by atoms with van der Waals surface area (Å²) in [5.74, 6) is -1.61. The second-order valence-corrected chi connectivity index (χ2v) is 5.02. The summed E-state index contributed by atoms with van der Waals surface area (Å²) in [6.07, 6.45) is 0. The Bertz CT molecular complexity index is 623. The lowest BCUT2D eigenvalue weighted by atomic mass is 9.84. The number of benzene rings is 1. The summed E-state index contributed by atoms with van der Waals surface area (Å²) < 4.78 is 0. The molecular formula is C14H14N4O2. The molecule has 0 aromatic heterocycles. The van der Waals surface area contributed by atoms with Gasteiger partial charge >= 0.3 is 0 Å². The van der Waals surface area contributed by atoms with Gasteiger partial charge in [-0.1, -0.05) is 18.2 Å². The minimum atomic E-state index is -0.562. The first kappa shape index (κ1) is 12.7. The Morgan fingerprint density at radius 1 is 1.15 bits per heavy atom. The molecule has 0 bridgehead atoms. The van der Waals surface area contributed by atoms with Gasteiger partial charge in [0, 0.05) is 5.71 Å². The van der Waals surface area contributed by atoms with E-state index in [9.17, 15) is 9.59 Å². The highest BCUT2D eigenvalue weighted by Crippen LogP contribution is 2.33. The fourth-order valence-electron chi connectivity index (χ4n) is 2.66. The number of azo groups is 1. The van der Waals surface area contributed by atoms with Crippen LogP contribution in [0.25, 0.3) is 0 Å². The molecule has 3 atom stereocenters. The Labute approximate surface area is 116 Å². The Balaban J connectivity index is 1.92. The van der Waals surface area contributed by atoms with Gasteiger partial charge in [-0.2, -0.15) is 10.2 Å². The minimum Gasteiger partial charge on any atom is -0.272 e. The van der Waals surface area contributed by atoms with Crippen LogP contribution in [0.15, 0.2) is 45.7 Å². The van der Waals surface area contributed by atoms with E-state index in [1.807, 2.05) is 30.3 Å². The van der Waals surface area contributed by atoms with Crippen molar-refractivity contribution in [3.8, 4) is 0 Å². The third kappa shape index (κ3) is 1.84. The molecule has 2 aliphatic rings. The lowest BCUT2D eigenvalue weighted by Crippen LogP contribution is -2.38. The average molecular weight is 270 g/mol. The van der Waals surface area contributed by atoms with Crippen LogP contribution < -0.4 is 5.01 Å². The van der Waals surface area contributed by atoms with Gasteiger partial charge in [-0.15, -0.1) is 5.11 Å². The highest BCUT2D eigenvalue weighted by molar-refractivity contribution is 6.17. The van der Waals surface area contributed by atoms with E-state index in [0.29, 0.717) is 11.4 Å². The normalized spacial score (nSPS) is 29.2. The first-order valence-corrected chi connectivity index (χ1v) is 6.48. The van der Waals surface area contributed by atoms with Crippen LogP contribution in [-0.4, -0.2) is 23.6 Å². The van der Waals surface area contributed by atoms with Gasteiger partial charge in [0.1, 0.15) is 0 Å². The monoisotopic (exact) mass is 270 g/mol. The molecular weight excluding hydrogens is 256 g/mol. The number of hydrazone groups is 1. The van der Waals surface area contributed by atoms with Crippen molar-refractivity contribution in [1.82, 2.24) is 0 Å². The average Bonchev–Trinajstić information content (AvgIpc) is 2.92. The summed E-state index contributed by atoms with van der Waals surface area (Å²) in [6, 6.07) is 8.90. The van der Waals surface area contributed by atoms with E-state index < -0.39 is 11.8 Å². The number of hydrogen-bond donors (Lipinski definition) is 0. The van der Waals surface area contributed by atoms with Crippen LogP contribution >= 0.6 is 0 Å². The van der Waals surface area contributed by atoms with Crippen molar-refractivity contribution >= 4 is 23.2 Å². The topological polar surface area (TPSA) is 74.5 Å².